The third-order valence-corrected chi connectivity index (χ3v) is 3.27. The zero-order valence-corrected chi connectivity index (χ0v) is 11.4. The minimum Gasteiger partial charge on any atom is -0.425 e. The minimum absolute atomic E-state index is 0.0931. The minimum atomic E-state index is -0.281. The van der Waals surface area contributed by atoms with Crippen LogP contribution in [0.4, 0.5) is 5.82 Å². The van der Waals surface area contributed by atoms with Gasteiger partial charge in [0.2, 0.25) is 0 Å². The summed E-state index contributed by atoms with van der Waals surface area (Å²) in [6.07, 6.45) is 3.62. The molecule has 1 aliphatic rings. The van der Waals surface area contributed by atoms with E-state index in [0.717, 1.165) is 23.6 Å². The Morgan fingerprint density at radius 3 is 2.39 bits per heavy atom. The van der Waals surface area contributed by atoms with Gasteiger partial charge in [-0.1, -0.05) is 20.8 Å². The summed E-state index contributed by atoms with van der Waals surface area (Å²) in [4.78, 5) is 6.75. The molecule has 0 unspecified atom stereocenters. The number of nitrogens with one attached hydrogen (secondary N) is 1. The maximum atomic E-state index is 9.90. The van der Waals surface area contributed by atoms with E-state index >= 15 is 0 Å². The van der Waals surface area contributed by atoms with E-state index in [-0.39, 0.29) is 10.9 Å². The predicted octanol–water partition coefficient (Wildman–Crippen LogP) is 1.89. The van der Waals surface area contributed by atoms with Crippen molar-refractivity contribution in [3.05, 3.63) is 17.4 Å². The molecule has 2 heterocycles. The predicted molar refractivity (Wildman–Crippen MR) is 70.0 cm³/mol. The van der Waals surface area contributed by atoms with Crippen molar-refractivity contribution < 1.29 is 5.21 Å². The van der Waals surface area contributed by atoms with Gasteiger partial charge in [-0.2, -0.15) is 4.73 Å². The van der Waals surface area contributed by atoms with Gasteiger partial charge in [-0.15, -0.1) is 0 Å². The van der Waals surface area contributed by atoms with Gasteiger partial charge in [0.1, 0.15) is 5.82 Å². The van der Waals surface area contributed by atoms with Crippen LogP contribution in [0.3, 0.4) is 0 Å². The molecule has 100 valence electrons. The molecule has 0 aromatic carbocycles. The molecule has 0 amide bonds. The highest BCUT2D eigenvalue weighted by atomic mass is 16.5. The van der Waals surface area contributed by atoms with Crippen molar-refractivity contribution in [1.82, 2.24) is 9.71 Å². The lowest BCUT2D eigenvalue weighted by atomic mass is 9.95. The van der Waals surface area contributed by atoms with Crippen LogP contribution in [0.25, 0.3) is 0 Å². The molecule has 0 saturated carbocycles. The Kier molecular flexibility index (Phi) is 3.32. The first-order valence-corrected chi connectivity index (χ1v) is 6.53. The standard InChI is InChI=1S/C13H22N4O/c1-13(2,3)12-15-11(9-10(14)17(12)18)16-7-5-4-6-8-16/h9,14,18H,4-8H2,1-3H3. The molecule has 1 saturated heterocycles. The van der Waals surface area contributed by atoms with Gasteiger partial charge in [-0.25, -0.2) is 4.98 Å². The van der Waals surface area contributed by atoms with Crippen molar-refractivity contribution in [1.29, 1.82) is 5.41 Å². The van der Waals surface area contributed by atoms with Crippen molar-refractivity contribution in [3.63, 3.8) is 0 Å². The van der Waals surface area contributed by atoms with Crippen LogP contribution in [0.5, 0.6) is 0 Å². The van der Waals surface area contributed by atoms with Crippen LogP contribution in [0, 0.1) is 5.41 Å². The lowest BCUT2D eigenvalue weighted by molar-refractivity contribution is 0.144. The highest BCUT2D eigenvalue weighted by Crippen LogP contribution is 2.22. The molecule has 5 heteroatoms. The number of nitrogens with zero attached hydrogens (tertiary/aromatic N) is 3. The number of hydrogen-bond acceptors (Lipinski definition) is 4. The molecule has 0 radical (unpaired) electrons. The van der Waals surface area contributed by atoms with E-state index in [1.54, 1.807) is 6.07 Å². The van der Waals surface area contributed by atoms with Crippen molar-refractivity contribution in [2.75, 3.05) is 18.0 Å². The Hall–Kier alpha value is -1.52. The van der Waals surface area contributed by atoms with Gasteiger partial charge in [0.25, 0.3) is 0 Å². The number of aromatic nitrogens is 2. The molecule has 1 fully saturated rings. The summed E-state index contributed by atoms with van der Waals surface area (Å²) < 4.78 is 0.882. The van der Waals surface area contributed by atoms with E-state index in [9.17, 15) is 5.21 Å². The molecule has 2 rings (SSSR count). The summed E-state index contributed by atoms with van der Waals surface area (Å²) >= 11 is 0. The Balaban J connectivity index is 2.44. The van der Waals surface area contributed by atoms with Gasteiger partial charge in [-0.05, 0) is 19.3 Å². The first kappa shape index (κ1) is 12.9. The van der Waals surface area contributed by atoms with E-state index in [0.29, 0.717) is 5.82 Å². The van der Waals surface area contributed by atoms with Gasteiger partial charge in [0.15, 0.2) is 11.3 Å². The molecule has 1 aromatic rings. The highest BCUT2D eigenvalue weighted by Gasteiger charge is 2.23. The zero-order valence-electron chi connectivity index (χ0n) is 11.4. The fraction of sp³-hybridized carbons (Fsp3) is 0.692. The van der Waals surface area contributed by atoms with Crippen molar-refractivity contribution in [2.45, 2.75) is 45.4 Å². The summed E-state index contributed by atoms with van der Waals surface area (Å²) in [6.45, 7) is 7.95. The molecule has 1 aromatic heterocycles. The molecule has 1 aliphatic heterocycles. The van der Waals surface area contributed by atoms with Crippen molar-refractivity contribution in [2.24, 2.45) is 0 Å². The SMILES string of the molecule is CC(C)(C)c1nc(N2CCCCC2)cc(=N)n1O. The molecule has 2 N–H and O–H groups in total. The Labute approximate surface area is 108 Å². The van der Waals surface area contributed by atoms with Crippen LogP contribution in [-0.4, -0.2) is 28.0 Å². The van der Waals surface area contributed by atoms with Crippen LogP contribution >= 0.6 is 0 Å². The lowest BCUT2D eigenvalue weighted by Gasteiger charge is -2.29. The van der Waals surface area contributed by atoms with Crippen LogP contribution in [-0.2, 0) is 5.41 Å². The summed E-state index contributed by atoms with van der Waals surface area (Å²) in [5, 5.41) is 17.8. The van der Waals surface area contributed by atoms with Crippen LogP contribution < -0.4 is 10.4 Å². The number of piperidine rings is 1. The highest BCUT2D eigenvalue weighted by molar-refractivity contribution is 5.38. The molecule has 0 spiro atoms. The Morgan fingerprint density at radius 1 is 1.22 bits per heavy atom. The Morgan fingerprint density at radius 2 is 1.83 bits per heavy atom. The molecule has 5 nitrogen and oxygen atoms in total. The van der Waals surface area contributed by atoms with Crippen LogP contribution in [0.1, 0.15) is 45.9 Å². The summed E-state index contributed by atoms with van der Waals surface area (Å²) in [6, 6.07) is 1.64. The largest absolute Gasteiger partial charge is 0.425 e. The maximum Gasteiger partial charge on any atom is 0.166 e. The second kappa shape index (κ2) is 4.63. The van der Waals surface area contributed by atoms with E-state index in [4.69, 9.17) is 5.41 Å². The number of rotatable bonds is 1. The molecular formula is C13H22N4O. The topological polar surface area (TPSA) is 65.1 Å². The third kappa shape index (κ3) is 2.49. The first-order valence-electron chi connectivity index (χ1n) is 6.53. The van der Waals surface area contributed by atoms with E-state index in [2.05, 4.69) is 9.88 Å². The molecule has 18 heavy (non-hydrogen) atoms. The van der Waals surface area contributed by atoms with E-state index in [1.807, 2.05) is 20.8 Å². The number of hydrogen-bond donors (Lipinski definition) is 2. The summed E-state index contributed by atoms with van der Waals surface area (Å²) in [5.74, 6) is 1.35. The molecular weight excluding hydrogens is 228 g/mol. The first-order chi connectivity index (χ1) is 8.39. The molecule has 0 atom stereocenters. The van der Waals surface area contributed by atoms with Gasteiger partial charge in [-0.3, -0.25) is 5.41 Å². The quantitative estimate of drug-likeness (QED) is 0.748. The lowest BCUT2D eigenvalue weighted by Crippen LogP contribution is -2.35. The average Bonchev–Trinajstić information content (AvgIpc) is 2.32. The fourth-order valence-corrected chi connectivity index (χ4v) is 2.26. The van der Waals surface area contributed by atoms with Gasteiger partial charge in [0.05, 0.1) is 0 Å². The normalized spacial score (nSPS) is 16.9. The van der Waals surface area contributed by atoms with Crippen molar-refractivity contribution >= 4 is 5.82 Å². The van der Waals surface area contributed by atoms with Crippen LogP contribution in [0.2, 0.25) is 0 Å². The Bertz CT molecular complexity index is 481. The third-order valence-electron chi connectivity index (χ3n) is 3.27. The van der Waals surface area contributed by atoms with Crippen LogP contribution in [0.15, 0.2) is 6.07 Å². The van der Waals surface area contributed by atoms with Gasteiger partial charge in [0, 0.05) is 24.6 Å². The van der Waals surface area contributed by atoms with E-state index in [1.165, 1.54) is 19.3 Å². The van der Waals surface area contributed by atoms with E-state index < -0.39 is 0 Å². The zero-order chi connectivity index (χ0) is 13.3. The van der Waals surface area contributed by atoms with Gasteiger partial charge >= 0.3 is 0 Å². The second-order valence-corrected chi connectivity index (χ2v) is 5.93. The van der Waals surface area contributed by atoms with Crippen molar-refractivity contribution in [3.8, 4) is 0 Å². The monoisotopic (exact) mass is 250 g/mol. The maximum absolute atomic E-state index is 9.90. The smallest absolute Gasteiger partial charge is 0.166 e. The summed E-state index contributed by atoms with van der Waals surface area (Å²) in [5.41, 5.74) is -0.188. The number of anilines is 1. The summed E-state index contributed by atoms with van der Waals surface area (Å²) in [7, 11) is 0. The average molecular weight is 250 g/mol. The van der Waals surface area contributed by atoms with Gasteiger partial charge < -0.3 is 10.1 Å². The molecule has 0 bridgehead atoms. The second-order valence-electron chi connectivity index (χ2n) is 5.93. The fourth-order valence-electron chi connectivity index (χ4n) is 2.26. The molecule has 0 aliphatic carbocycles.